The maximum Gasteiger partial charge on any atom is 0.321 e. The predicted octanol–water partition coefficient (Wildman–Crippen LogP) is 1.72. The first-order chi connectivity index (χ1) is 10.3. The molecule has 1 saturated heterocycles. The van der Waals surface area contributed by atoms with Crippen molar-refractivity contribution in [3.63, 3.8) is 0 Å². The molecule has 3 rings (SSSR count). The molecule has 2 N–H and O–H groups in total. The van der Waals surface area contributed by atoms with Crippen molar-refractivity contribution in [3.05, 3.63) is 30.0 Å². The average molecular weight is 304 g/mol. The van der Waals surface area contributed by atoms with E-state index < -0.39 is 0 Å². The molecule has 1 aliphatic rings. The third kappa shape index (κ3) is 3.66. The lowest BCUT2D eigenvalue weighted by Crippen LogP contribution is -2.49. The normalized spacial score (nSPS) is 18.3. The van der Waals surface area contributed by atoms with Gasteiger partial charge < -0.3 is 10.2 Å². The van der Waals surface area contributed by atoms with Gasteiger partial charge in [-0.3, -0.25) is 5.32 Å². The predicted molar refractivity (Wildman–Crippen MR) is 81.5 cm³/mol. The van der Waals surface area contributed by atoms with Crippen LogP contribution in [-0.2, 0) is 0 Å². The minimum atomic E-state index is -0.217. The summed E-state index contributed by atoms with van der Waals surface area (Å²) in [6.07, 6.45) is 7.08. The lowest BCUT2D eigenvalue weighted by Gasteiger charge is -2.32. The van der Waals surface area contributed by atoms with Crippen LogP contribution in [-0.4, -0.2) is 40.1 Å². The first kappa shape index (κ1) is 13.7. The lowest BCUT2D eigenvalue weighted by molar-refractivity contribution is 0.246. The van der Waals surface area contributed by atoms with Crippen molar-refractivity contribution in [2.75, 3.05) is 23.3 Å². The van der Waals surface area contributed by atoms with Gasteiger partial charge in [-0.2, -0.15) is 0 Å². The highest BCUT2D eigenvalue weighted by molar-refractivity contribution is 7.13. The maximum absolute atomic E-state index is 11.9. The standard InChI is InChI=1S/C13H16N6OS/c20-12(18-13-16-6-8-21-13)17-10-3-1-7-19(9-10)11-14-4-2-5-15-11/h2,4-6,8,10H,1,3,7,9H2,(H2,16,17,18,20)/t10-/m0/s1. The molecule has 0 unspecified atom stereocenters. The molecule has 7 nitrogen and oxygen atoms in total. The number of nitrogens with one attached hydrogen (secondary N) is 2. The molecule has 1 atom stereocenters. The Morgan fingerprint density at radius 3 is 2.90 bits per heavy atom. The van der Waals surface area contributed by atoms with Gasteiger partial charge in [-0.25, -0.2) is 19.7 Å². The van der Waals surface area contributed by atoms with Crippen molar-refractivity contribution in [1.29, 1.82) is 0 Å². The van der Waals surface area contributed by atoms with Crippen LogP contribution in [0.4, 0.5) is 15.9 Å². The third-order valence-electron chi connectivity index (χ3n) is 3.24. The van der Waals surface area contributed by atoms with Crippen molar-refractivity contribution < 1.29 is 4.79 Å². The lowest BCUT2D eigenvalue weighted by atomic mass is 10.1. The van der Waals surface area contributed by atoms with Gasteiger partial charge in [0, 0.05) is 43.1 Å². The Morgan fingerprint density at radius 2 is 2.14 bits per heavy atom. The van der Waals surface area contributed by atoms with Gasteiger partial charge in [0.25, 0.3) is 0 Å². The summed E-state index contributed by atoms with van der Waals surface area (Å²) in [5, 5.41) is 8.14. The van der Waals surface area contributed by atoms with E-state index in [1.54, 1.807) is 24.7 Å². The molecule has 3 heterocycles. The van der Waals surface area contributed by atoms with Gasteiger partial charge in [0.1, 0.15) is 0 Å². The summed E-state index contributed by atoms with van der Waals surface area (Å²) >= 11 is 1.40. The Morgan fingerprint density at radius 1 is 1.29 bits per heavy atom. The number of hydrogen-bond donors (Lipinski definition) is 2. The fourth-order valence-electron chi connectivity index (χ4n) is 2.33. The number of piperidine rings is 1. The molecule has 0 saturated carbocycles. The number of rotatable bonds is 3. The topological polar surface area (TPSA) is 83.0 Å². The van der Waals surface area contributed by atoms with Crippen molar-refractivity contribution in [2.45, 2.75) is 18.9 Å². The van der Waals surface area contributed by atoms with Crippen LogP contribution in [0.5, 0.6) is 0 Å². The Balaban J connectivity index is 1.55. The number of anilines is 2. The summed E-state index contributed by atoms with van der Waals surface area (Å²) in [5.41, 5.74) is 0. The van der Waals surface area contributed by atoms with Crippen LogP contribution < -0.4 is 15.5 Å². The van der Waals surface area contributed by atoms with Crippen LogP contribution in [0.1, 0.15) is 12.8 Å². The molecule has 2 aromatic rings. The number of urea groups is 1. The summed E-state index contributed by atoms with van der Waals surface area (Å²) in [4.78, 5) is 26.5. The molecule has 2 amide bonds. The number of carbonyl (C=O) groups excluding carboxylic acids is 1. The third-order valence-corrected chi connectivity index (χ3v) is 3.93. The number of carbonyl (C=O) groups is 1. The van der Waals surface area contributed by atoms with E-state index >= 15 is 0 Å². The van der Waals surface area contributed by atoms with E-state index in [1.807, 2.05) is 5.38 Å². The Labute approximate surface area is 126 Å². The molecule has 110 valence electrons. The van der Waals surface area contributed by atoms with Crippen LogP contribution in [0.3, 0.4) is 0 Å². The quantitative estimate of drug-likeness (QED) is 0.902. The Hall–Kier alpha value is -2.22. The zero-order valence-electron chi connectivity index (χ0n) is 11.4. The number of amides is 2. The highest BCUT2D eigenvalue weighted by Gasteiger charge is 2.23. The van der Waals surface area contributed by atoms with Crippen LogP contribution in [0.25, 0.3) is 0 Å². The van der Waals surface area contributed by atoms with Crippen LogP contribution in [0.15, 0.2) is 30.0 Å². The van der Waals surface area contributed by atoms with Crippen LogP contribution in [0.2, 0.25) is 0 Å². The van der Waals surface area contributed by atoms with E-state index in [2.05, 4.69) is 30.5 Å². The fourth-order valence-corrected chi connectivity index (χ4v) is 2.86. The summed E-state index contributed by atoms with van der Waals surface area (Å²) in [5.74, 6) is 0.712. The average Bonchev–Trinajstić information content (AvgIpc) is 3.01. The summed E-state index contributed by atoms with van der Waals surface area (Å²) in [7, 11) is 0. The highest BCUT2D eigenvalue weighted by atomic mass is 32.1. The smallest absolute Gasteiger partial charge is 0.321 e. The molecular formula is C13H16N6OS. The largest absolute Gasteiger partial charge is 0.339 e. The van der Waals surface area contributed by atoms with Gasteiger partial charge in [-0.1, -0.05) is 0 Å². The summed E-state index contributed by atoms with van der Waals surface area (Å²) in [6.45, 7) is 1.63. The minimum Gasteiger partial charge on any atom is -0.339 e. The summed E-state index contributed by atoms with van der Waals surface area (Å²) < 4.78 is 0. The molecule has 0 aliphatic carbocycles. The van der Waals surface area contributed by atoms with Crippen molar-refractivity contribution in [3.8, 4) is 0 Å². The molecule has 0 bridgehead atoms. The number of aromatic nitrogens is 3. The van der Waals surface area contributed by atoms with E-state index in [-0.39, 0.29) is 12.1 Å². The number of thiazole rings is 1. The second-order valence-electron chi connectivity index (χ2n) is 4.77. The molecule has 1 aliphatic heterocycles. The van der Waals surface area contributed by atoms with E-state index in [1.165, 1.54) is 11.3 Å². The Kier molecular flexibility index (Phi) is 4.25. The van der Waals surface area contributed by atoms with Gasteiger partial charge in [0.2, 0.25) is 5.95 Å². The van der Waals surface area contributed by atoms with Crippen molar-refractivity contribution >= 4 is 28.4 Å². The van der Waals surface area contributed by atoms with Crippen molar-refractivity contribution in [1.82, 2.24) is 20.3 Å². The summed E-state index contributed by atoms with van der Waals surface area (Å²) in [6, 6.07) is 1.67. The van der Waals surface area contributed by atoms with E-state index in [0.717, 1.165) is 25.9 Å². The monoisotopic (exact) mass is 304 g/mol. The van der Waals surface area contributed by atoms with E-state index in [9.17, 15) is 4.79 Å². The van der Waals surface area contributed by atoms with E-state index in [4.69, 9.17) is 0 Å². The second kappa shape index (κ2) is 6.49. The molecule has 0 radical (unpaired) electrons. The first-order valence-corrected chi connectivity index (χ1v) is 7.68. The van der Waals surface area contributed by atoms with Gasteiger partial charge in [-0.05, 0) is 18.9 Å². The zero-order valence-corrected chi connectivity index (χ0v) is 12.2. The molecule has 0 spiro atoms. The van der Waals surface area contributed by atoms with Crippen LogP contribution >= 0.6 is 11.3 Å². The SMILES string of the molecule is O=C(Nc1nccs1)N[C@H]1CCCN(c2ncccn2)C1. The van der Waals surface area contributed by atoms with Gasteiger partial charge in [-0.15, -0.1) is 11.3 Å². The molecular weight excluding hydrogens is 288 g/mol. The maximum atomic E-state index is 11.9. The fraction of sp³-hybridized carbons (Fsp3) is 0.385. The minimum absolute atomic E-state index is 0.0857. The number of hydrogen-bond acceptors (Lipinski definition) is 6. The zero-order chi connectivity index (χ0) is 14.5. The number of nitrogens with zero attached hydrogens (tertiary/aromatic N) is 4. The van der Waals surface area contributed by atoms with Gasteiger partial charge in [0.15, 0.2) is 5.13 Å². The molecule has 0 aromatic carbocycles. The first-order valence-electron chi connectivity index (χ1n) is 6.80. The molecule has 2 aromatic heterocycles. The van der Waals surface area contributed by atoms with Gasteiger partial charge in [0.05, 0.1) is 0 Å². The van der Waals surface area contributed by atoms with Gasteiger partial charge >= 0.3 is 6.03 Å². The molecule has 1 fully saturated rings. The Bertz CT molecular complexity index is 576. The van der Waals surface area contributed by atoms with E-state index in [0.29, 0.717) is 11.1 Å². The highest BCUT2D eigenvalue weighted by Crippen LogP contribution is 2.15. The van der Waals surface area contributed by atoms with Crippen LogP contribution in [0, 0.1) is 0 Å². The second-order valence-corrected chi connectivity index (χ2v) is 5.66. The van der Waals surface area contributed by atoms with Crippen molar-refractivity contribution in [2.24, 2.45) is 0 Å². The molecule has 21 heavy (non-hydrogen) atoms. The molecule has 8 heteroatoms.